The maximum Gasteiger partial charge on any atom is 0.238 e. The third kappa shape index (κ3) is 3.39. The number of sulfone groups is 1. The lowest BCUT2D eigenvalue weighted by Gasteiger charge is -2.05. The minimum absolute atomic E-state index is 0.0690. The smallest absolute Gasteiger partial charge is 0.238 e. The van der Waals surface area contributed by atoms with Gasteiger partial charge in [0.05, 0.1) is 10.5 Å². The van der Waals surface area contributed by atoms with Gasteiger partial charge in [-0.05, 0) is 36.4 Å². The van der Waals surface area contributed by atoms with E-state index in [9.17, 15) is 12.8 Å². The molecule has 1 N–H and O–H groups in total. The first-order valence-electron chi connectivity index (χ1n) is 8.43. The highest BCUT2D eigenvalue weighted by Gasteiger charge is 2.29. The Bertz CT molecular complexity index is 1210. The predicted octanol–water partition coefficient (Wildman–Crippen LogP) is 5.06. The number of anilines is 2. The Morgan fingerprint density at radius 3 is 2.11 bits per heavy atom. The van der Waals surface area contributed by atoms with Gasteiger partial charge in [0.15, 0.2) is 0 Å². The van der Waals surface area contributed by atoms with E-state index in [1.54, 1.807) is 48.5 Å². The van der Waals surface area contributed by atoms with E-state index in [2.05, 4.69) is 10.3 Å². The van der Waals surface area contributed by atoms with Crippen LogP contribution in [-0.4, -0.2) is 13.4 Å². The molecule has 0 bridgehead atoms. The van der Waals surface area contributed by atoms with Crippen molar-refractivity contribution in [3.8, 4) is 11.5 Å². The standard InChI is InChI=1S/C21H15FN2O3S/c22-18-14-8-7-13-17(18)19-24-21(28(25,26)16-11-5-2-6-12-16)20(27-19)23-15-9-3-1-4-10-15/h1-14,23H. The van der Waals surface area contributed by atoms with Crippen LogP contribution in [0.25, 0.3) is 11.5 Å². The lowest BCUT2D eigenvalue weighted by atomic mass is 10.2. The van der Waals surface area contributed by atoms with Crippen LogP contribution in [0.4, 0.5) is 16.0 Å². The number of aromatic nitrogens is 1. The molecule has 0 saturated heterocycles. The maximum absolute atomic E-state index is 14.2. The van der Waals surface area contributed by atoms with E-state index in [0.717, 1.165) is 0 Å². The van der Waals surface area contributed by atoms with Crippen LogP contribution in [0.15, 0.2) is 99.3 Å². The van der Waals surface area contributed by atoms with Crippen LogP contribution in [0.2, 0.25) is 0 Å². The van der Waals surface area contributed by atoms with Crippen molar-refractivity contribution in [1.29, 1.82) is 0 Å². The van der Waals surface area contributed by atoms with Crippen molar-refractivity contribution in [1.82, 2.24) is 4.98 Å². The highest BCUT2D eigenvalue weighted by Crippen LogP contribution is 2.34. The SMILES string of the molecule is O=S(=O)(c1ccccc1)c1nc(-c2ccccc2F)oc1Nc1ccccc1. The topological polar surface area (TPSA) is 72.2 Å². The zero-order valence-electron chi connectivity index (χ0n) is 14.5. The third-order valence-corrected chi connectivity index (χ3v) is 5.72. The molecule has 0 spiro atoms. The summed E-state index contributed by atoms with van der Waals surface area (Å²) in [4.78, 5) is 4.20. The van der Waals surface area contributed by atoms with Gasteiger partial charge in [0.25, 0.3) is 0 Å². The van der Waals surface area contributed by atoms with Gasteiger partial charge in [-0.1, -0.05) is 48.5 Å². The number of halogens is 1. The van der Waals surface area contributed by atoms with E-state index in [-0.39, 0.29) is 27.3 Å². The molecule has 0 fully saturated rings. The Labute approximate surface area is 161 Å². The van der Waals surface area contributed by atoms with Crippen LogP contribution in [-0.2, 0) is 9.84 Å². The van der Waals surface area contributed by atoms with Crippen LogP contribution < -0.4 is 5.32 Å². The van der Waals surface area contributed by atoms with E-state index in [0.29, 0.717) is 5.69 Å². The van der Waals surface area contributed by atoms with Crippen molar-refractivity contribution in [2.45, 2.75) is 9.92 Å². The molecule has 0 aliphatic rings. The van der Waals surface area contributed by atoms with Crippen LogP contribution >= 0.6 is 0 Å². The molecule has 7 heteroatoms. The van der Waals surface area contributed by atoms with Crippen LogP contribution in [0.3, 0.4) is 0 Å². The van der Waals surface area contributed by atoms with E-state index in [4.69, 9.17) is 4.42 Å². The molecule has 0 saturated carbocycles. The van der Waals surface area contributed by atoms with Gasteiger partial charge < -0.3 is 9.73 Å². The summed E-state index contributed by atoms with van der Waals surface area (Å²) in [6, 6.07) is 22.7. The number of nitrogens with one attached hydrogen (secondary N) is 1. The van der Waals surface area contributed by atoms with E-state index < -0.39 is 15.7 Å². The average molecular weight is 394 g/mol. The average Bonchev–Trinajstić information content (AvgIpc) is 3.14. The van der Waals surface area contributed by atoms with Gasteiger partial charge in [0, 0.05) is 5.69 Å². The lowest BCUT2D eigenvalue weighted by Crippen LogP contribution is -2.05. The summed E-state index contributed by atoms with van der Waals surface area (Å²) in [7, 11) is -3.98. The number of hydrogen-bond donors (Lipinski definition) is 1. The molecule has 4 rings (SSSR count). The van der Waals surface area contributed by atoms with Gasteiger partial charge >= 0.3 is 0 Å². The molecule has 1 aromatic heterocycles. The van der Waals surface area contributed by atoms with Crippen molar-refractivity contribution in [2.75, 3.05) is 5.32 Å². The Morgan fingerprint density at radius 1 is 0.821 bits per heavy atom. The van der Waals surface area contributed by atoms with Crippen molar-refractivity contribution < 1.29 is 17.2 Å². The van der Waals surface area contributed by atoms with Crippen molar-refractivity contribution >= 4 is 21.4 Å². The summed E-state index contributed by atoms with van der Waals surface area (Å²) in [5.74, 6) is -0.752. The largest absolute Gasteiger partial charge is 0.419 e. The Hall–Kier alpha value is -3.45. The maximum atomic E-state index is 14.2. The normalized spacial score (nSPS) is 11.3. The molecule has 1 heterocycles. The molecule has 3 aromatic carbocycles. The molecular weight excluding hydrogens is 379 g/mol. The Balaban J connectivity index is 1.87. The Morgan fingerprint density at radius 2 is 1.43 bits per heavy atom. The van der Waals surface area contributed by atoms with Gasteiger partial charge in [0.1, 0.15) is 5.82 Å². The van der Waals surface area contributed by atoms with E-state index >= 15 is 0 Å². The number of benzene rings is 3. The highest BCUT2D eigenvalue weighted by molar-refractivity contribution is 7.91. The van der Waals surface area contributed by atoms with Gasteiger partial charge in [-0.3, -0.25) is 0 Å². The molecule has 0 aliphatic carbocycles. The number of hydrogen-bond acceptors (Lipinski definition) is 5. The highest BCUT2D eigenvalue weighted by atomic mass is 32.2. The summed E-state index contributed by atoms with van der Waals surface area (Å²) >= 11 is 0. The zero-order valence-corrected chi connectivity index (χ0v) is 15.4. The number of para-hydroxylation sites is 1. The first-order chi connectivity index (χ1) is 13.6. The second-order valence-electron chi connectivity index (χ2n) is 5.94. The molecule has 5 nitrogen and oxygen atoms in total. The molecular formula is C21H15FN2O3S. The van der Waals surface area contributed by atoms with Gasteiger partial charge in [-0.15, -0.1) is 0 Å². The zero-order chi connectivity index (χ0) is 19.6. The van der Waals surface area contributed by atoms with Crippen molar-refractivity contribution in [3.63, 3.8) is 0 Å². The summed E-state index contributed by atoms with van der Waals surface area (Å²) in [5.41, 5.74) is 0.691. The minimum Gasteiger partial charge on any atom is -0.419 e. The second-order valence-corrected chi connectivity index (χ2v) is 7.81. The summed E-state index contributed by atoms with van der Waals surface area (Å²) < 4.78 is 46.1. The fourth-order valence-electron chi connectivity index (χ4n) is 2.68. The van der Waals surface area contributed by atoms with Crippen molar-refractivity contribution in [2.24, 2.45) is 0 Å². The van der Waals surface area contributed by atoms with Crippen LogP contribution in [0.1, 0.15) is 0 Å². The van der Waals surface area contributed by atoms with Gasteiger partial charge in [-0.25, -0.2) is 12.8 Å². The minimum atomic E-state index is -3.98. The van der Waals surface area contributed by atoms with Crippen LogP contribution in [0.5, 0.6) is 0 Å². The molecule has 0 radical (unpaired) electrons. The summed E-state index contributed by atoms with van der Waals surface area (Å²) in [5, 5.41) is 2.62. The first-order valence-corrected chi connectivity index (χ1v) is 9.92. The van der Waals surface area contributed by atoms with Gasteiger partial charge in [-0.2, -0.15) is 4.98 Å². The van der Waals surface area contributed by atoms with Crippen LogP contribution in [0, 0.1) is 5.82 Å². The summed E-state index contributed by atoms with van der Waals surface area (Å²) in [6.45, 7) is 0. The number of nitrogens with zero attached hydrogens (tertiary/aromatic N) is 1. The molecule has 0 atom stereocenters. The fourth-order valence-corrected chi connectivity index (χ4v) is 3.96. The fraction of sp³-hybridized carbons (Fsp3) is 0. The second kappa shape index (κ2) is 7.28. The molecule has 0 aliphatic heterocycles. The van der Waals surface area contributed by atoms with E-state index in [1.807, 2.05) is 6.07 Å². The van der Waals surface area contributed by atoms with E-state index in [1.165, 1.54) is 30.3 Å². The predicted molar refractivity (Wildman–Crippen MR) is 104 cm³/mol. The van der Waals surface area contributed by atoms with Gasteiger partial charge in [0.2, 0.25) is 26.6 Å². The van der Waals surface area contributed by atoms with Crippen molar-refractivity contribution in [3.05, 3.63) is 90.7 Å². The molecule has 0 unspecified atom stereocenters. The first kappa shape index (κ1) is 17.9. The quantitative estimate of drug-likeness (QED) is 0.512. The molecule has 4 aromatic rings. The summed E-state index contributed by atoms with van der Waals surface area (Å²) in [6.07, 6.45) is 0. The third-order valence-electron chi connectivity index (χ3n) is 4.04. The monoisotopic (exact) mass is 394 g/mol. The molecule has 28 heavy (non-hydrogen) atoms. The Kier molecular flexibility index (Phi) is 4.67. The lowest BCUT2D eigenvalue weighted by molar-refractivity contribution is 0.572. The number of rotatable bonds is 5. The molecule has 0 amide bonds. The number of oxazole rings is 1. The molecule has 140 valence electrons.